The first kappa shape index (κ1) is 34.5. The van der Waals surface area contributed by atoms with Gasteiger partial charge < -0.3 is 9.47 Å². The second kappa shape index (κ2) is 16.6. The molecule has 0 aromatic rings. The number of esters is 2. The van der Waals surface area contributed by atoms with E-state index in [1.165, 1.54) is 0 Å². The molecule has 1 aliphatic rings. The van der Waals surface area contributed by atoms with E-state index >= 15 is 0 Å². The summed E-state index contributed by atoms with van der Waals surface area (Å²) in [6.45, 7) is 19.9. The van der Waals surface area contributed by atoms with Gasteiger partial charge >= 0.3 is 11.9 Å². The molecule has 0 aromatic heterocycles. The average Bonchev–Trinajstić information content (AvgIpc) is 2.82. The average molecular weight is 545 g/mol. The van der Waals surface area contributed by atoms with Crippen LogP contribution in [0.15, 0.2) is 33.8 Å². The maximum absolute atomic E-state index is 14.4. The molecule has 1 unspecified atom stereocenters. The Kier molecular flexibility index (Phi) is 14.7. The highest BCUT2D eigenvalue weighted by molar-refractivity contribution is 6.18. The van der Waals surface area contributed by atoms with E-state index in [-0.39, 0.29) is 59.3 Å². The molecule has 1 aliphatic carbocycles. The van der Waals surface area contributed by atoms with Gasteiger partial charge in [-0.05, 0) is 62.7 Å². The third-order valence-corrected chi connectivity index (χ3v) is 6.74. The van der Waals surface area contributed by atoms with Crippen LogP contribution in [0.1, 0.15) is 127 Å². The summed E-state index contributed by atoms with van der Waals surface area (Å²) in [5.74, 6) is -1.27. The quantitative estimate of drug-likeness (QED) is 0.144. The van der Waals surface area contributed by atoms with Crippen LogP contribution in [0, 0.1) is 23.7 Å². The number of rotatable bonds is 16. The summed E-state index contributed by atoms with van der Waals surface area (Å²) in [4.78, 5) is 54.2. The topological polar surface area (TPSA) is 86.7 Å². The van der Waals surface area contributed by atoms with Crippen molar-refractivity contribution in [1.29, 1.82) is 0 Å². The molecule has 0 saturated heterocycles. The van der Waals surface area contributed by atoms with Crippen LogP contribution in [0.25, 0.3) is 0 Å². The van der Waals surface area contributed by atoms with Gasteiger partial charge in [0.25, 0.3) is 0 Å². The van der Waals surface area contributed by atoms with Gasteiger partial charge in [0.1, 0.15) is 5.57 Å². The minimum Gasteiger partial charge on any atom is -0.425 e. The fraction of sp³-hybridized carbons (Fsp3) is 0.697. The Morgan fingerprint density at radius 2 is 1.21 bits per heavy atom. The smallest absolute Gasteiger partial charge is 0.311 e. The largest absolute Gasteiger partial charge is 0.425 e. The van der Waals surface area contributed by atoms with Crippen LogP contribution < -0.4 is 0 Å². The highest BCUT2D eigenvalue weighted by Crippen LogP contribution is 2.41. The molecule has 0 bridgehead atoms. The zero-order chi connectivity index (χ0) is 29.9. The molecule has 0 heterocycles. The van der Waals surface area contributed by atoms with Crippen LogP contribution >= 0.6 is 0 Å². The molecular weight excluding hydrogens is 492 g/mol. The normalized spacial score (nSPS) is 15.0. The minimum atomic E-state index is -0.509. The van der Waals surface area contributed by atoms with E-state index < -0.39 is 17.9 Å². The second-order valence-corrected chi connectivity index (χ2v) is 12.1. The molecule has 6 heteroatoms. The van der Waals surface area contributed by atoms with E-state index in [9.17, 15) is 19.2 Å². The predicted molar refractivity (Wildman–Crippen MR) is 156 cm³/mol. The summed E-state index contributed by atoms with van der Waals surface area (Å²) < 4.78 is 11.8. The van der Waals surface area contributed by atoms with Gasteiger partial charge in [0.15, 0.2) is 23.1 Å². The van der Waals surface area contributed by atoms with Gasteiger partial charge in [-0.15, -0.1) is 0 Å². The van der Waals surface area contributed by atoms with Crippen LogP contribution in [0.4, 0.5) is 0 Å². The first-order valence-corrected chi connectivity index (χ1v) is 15.0. The van der Waals surface area contributed by atoms with E-state index in [4.69, 9.17) is 9.47 Å². The third-order valence-electron chi connectivity index (χ3n) is 6.74. The molecular formula is C33H52O6. The number of ketones is 2. The molecule has 0 aliphatic heterocycles. The lowest BCUT2D eigenvalue weighted by Crippen LogP contribution is -2.30. The van der Waals surface area contributed by atoms with Crippen molar-refractivity contribution in [2.75, 3.05) is 0 Å². The summed E-state index contributed by atoms with van der Waals surface area (Å²) in [6, 6.07) is 0. The number of Topliss-reactive ketones (excluding diaryl/α,β-unsaturated/α-hetero) is 2. The van der Waals surface area contributed by atoms with E-state index in [2.05, 4.69) is 41.5 Å². The Bertz CT molecular complexity index is 978. The Morgan fingerprint density at radius 1 is 0.718 bits per heavy atom. The molecule has 220 valence electrons. The lowest BCUT2D eigenvalue weighted by molar-refractivity contribution is -0.139. The molecule has 0 aromatic carbocycles. The Balaban J connectivity index is 4.27. The van der Waals surface area contributed by atoms with E-state index in [0.29, 0.717) is 56.1 Å². The van der Waals surface area contributed by atoms with E-state index in [1.807, 2.05) is 27.7 Å². The van der Waals surface area contributed by atoms with Crippen molar-refractivity contribution < 1.29 is 28.7 Å². The first-order valence-electron chi connectivity index (χ1n) is 15.0. The molecule has 0 N–H and O–H groups in total. The van der Waals surface area contributed by atoms with Crippen molar-refractivity contribution in [2.24, 2.45) is 23.7 Å². The van der Waals surface area contributed by atoms with Gasteiger partial charge in [-0.25, -0.2) is 0 Å². The summed E-state index contributed by atoms with van der Waals surface area (Å²) in [5.41, 5.74) is 1.58. The molecule has 1 atom stereocenters. The number of hydrogen-bond acceptors (Lipinski definition) is 6. The van der Waals surface area contributed by atoms with Crippen molar-refractivity contribution in [1.82, 2.24) is 0 Å². The summed E-state index contributed by atoms with van der Waals surface area (Å²) in [7, 11) is 0. The SMILES string of the molecule is CCCC(=O)OC1=C(CCC(C)C)C(=O)C(=C(CC(C)C)CC(C)C)C(OC(=O)CCC)=C1C(=O)C(C)CC. The van der Waals surface area contributed by atoms with Gasteiger partial charge in [0.2, 0.25) is 0 Å². The zero-order valence-electron chi connectivity index (χ0n) is 26.1. The third kappa shape index (κ3) is 10.2. The highest BCUT2D eigenvalue weighted by atomic mass is 16.6. The summed E-state index contributed by atoms with van der Waals surface area (Å²) in [5, 5.41) is 0. The second-order valence-electron chi connectivity index (χ2n) is 12.1. The maximum atomic E-state index is 14.4. The van der Waals surface area contributed by atoms with Crippen molar-refractivity contribution in [3.63, 3.8) is 0 Å². The lowest BCUT2D eigenvalue weighted by Gasteiger charge is -2.29. The van der Waals surface area contributed by atoms with Crippen LogP contribution in [0.5, 0.6) is 0 Å². The van der Waals surface area contributed by atoms with Crippen molar-refractivity contribution >= 4 is 23.5 Å². The van der Waals surface area contributed by atoms with Gasteiger partial charge in [0, 0.05) is 24.3 Å². The van der Waals surface area contributed by atoms with Gasteiger partial charge in [-0.2, -0.15) is 0 Å². The summed E-state index contributed by atoms with van der Waals surface area (Å²) in [6.07, 6.45) is 4.27. The van der Waals surface area contributed by atoms with Gasteiger partial charge in [-0.1, -0.05) is 74.8 Å². The van der Waals surface area contributed by atoms with Crippen molar-refractivity contribution in [3.05, 3.63) is 33.8 Å². The Morgan fingerprint density at radius 3 is 1.62 bits per heavy atom. The van der Waals surface area contributed by atoms with Crippen molar-refractivity contribution in [3.8, 4) is 0 Å². The molecule has 0 amide bonds. The molecule has 0 saturated carbocycles. The molecule has 0 spiro atoms. The van der Waals surface area contributed by atoms with Gasteiger partial charge in [-0.3, -0.25) is 19.2 Å². The van der Waals surface area contributed by atoms with Gasteiger partial charge in [0.05, 0.1) is 5.57 Å². The molecule has 6 nitrogen and oxygen atoms in total. The number of allylic oxidation sites excluding steroid dienone is 4. The fourth-order valence-electron chi connectivity index (χ4n) is 4.60. The number of hydrogen-bond donors (Lipinski definition) is 0. The fourth-order valence-corrected chi connectivity index (χ4v) is 4.60. The highest BCUT2D eigenvalue weighted by Gasteiger charge is 2.41. The first-order chi connectivity index (χ1) is 18.3. The molecule has 0 radical (unpaired) electrons. The van der Waals surface area contributed by atoms with Crippen LogP contribution in [0.2, 0.25) is 0 Å². The number of carbonyl (C=O) groups excluding carboxylic acids is 4. The van der Waals surface area contributed by atoms with E-state index in [0.717, 1.165) is 5.57 Å². The van der Waals surface area contributed by atoms with Crippen molar-refractivity contribution in [2.45, 2.75) is 127 Å². The molecule has 1 rings (SSSR count). The van der Waals surface area contributed by atoms with Crippen LogP contribution in [0.3, 0.4) is 0 Å². The lowest BCUT2D eigenvalue weighted by atomic mass is 9.78. The summed E-state index contributed by atoms with van der Waals surface area (Å²) >= 11 is 0. The van der Waals surface area contributed by atoms with Crippen LogP contribution in [-0.4, -0.2) is 23.5 Å². The number of carbonyl (C=O) groups is 4. The zero-order valence-corrected chi connectivity index (χ0v) is 26.1. The minimum absolute atomic E-state index is 0.0131. The Hall–Kier alpha value is -2.50. The maximum Gasteiger partial charge on any atom is 0.311 e. The predicted octanol–water partition coefficient (Wildman–Crippen LogP) is 8.20. The Labute approximate surface area is 236 Å². The van der Waals surface area contributed by atoms with Crippen LogP contribution in [-0.2, 0) is 28.7 Å². The molecule has 39 heavy (non-hydrogen) atoms. The monoisotopic (exact) mass is 544 g/mol. The number of ether oxygens (including phenoxy) is 2. The van der Waals surface area contributed by atoms with E-state index in [1.54, 1.807) is 0 Å². The molecule has 0 fully saturated rings. The standard InChI is InChI=1S/C33H52O6/c1-11-14-26(34)38-32-25(17-16-20(4)5)31(37)28(24(18-21(6)7)19-22(8)9)33(39-27(35)15-12-2)29(32)30(36)23(10)13-3/h20-23H,11-19H2,1-10H3.